The molecule has 1 aromatic carbocycles. The van der Waals surface area contributed by atoms with E-state index < -0.39 is 0 Å². The number of aliphatic hydroxyl groups is 1. The lowest BCUT2D eigenvalue weighted by molar-refractivity contribution is 0.0943. The van der Waals surface area contributed by atoms with Crippen LogP contribution in [0.3, 0.4) is 0 Å². The minimum atomic E-state index is -0.194. The Kier molecular flexibility index (Phi) is 6.49. The maximum absolute atomic E-state index is 12.5. The molecule has 1 fully saturated rings. The number of hydrogen-bond donors (Lipinski definition) is 3. The molecule has 2 heterocycles. The van der Waals surface area contributed by atoms with E-state index in [9.17, 15) is 4.79 Å². The van der Waals surface area contributed by atoms with E-state index in [0.29, 0.717) is 23.8 Å². The maximum Gasteiger partial charge on any atom is 0.273 e. The van der Waals surface area contributed by atoms with Crippen molar-refractivity contribution in [2.45, 2.75) is 30.2 Å². The summed E-state index contributed by atoms with van der Waals surface area (Å²) in [5, 5.41) is 15.1. The van der Waals surface area contributed by atoms with Gasteiger partial charge in [0.25, 0.3) is 5.91 Å². The Morgan fingerprint density at radius 2 is 2.08 bits per heavy atom. The van der Waals surface area contributed by atoms with Gasteiger partial charge in [0.1, 0.15) is 5.76 Å². The Bertz CT molecular complexity index is 681. The standard InChI is InChI=1S/C18H23N3O3S/c22-9-10-25-15-3-1-13(2-4-15)11-20-18(23)16-17(24-12-21-16)14-5-7-19-8-6-14/h1-4,12,14,19,22H,5-11H2,(H,20,23). The molecule has 3 rings (SSSR count). The SMILES string of the molecule is O=C(NCc1ccc(SCCO)cc1)c1ncoc1C1CCNCC1. The van der Waals surface area contributed by atoms with Crippen molar-refractivity contribution in [2.24, 2.45) is 0 Å². The monoisotopic (exact) mass is 361 g/mol. The van der Waals surface area contributed by atoms with Gasteiger partial charge in [0.2, 0.25) is 0 Å². The summed E-state index contributed by atoms with van der Waals surface area (Å²) in [5.74, 6) is 1.45. The number of nitrogens with zero attached hydrogens (tertiary/aromatic N) is 1. The van der Waals surface area contributed by atoms with E-state index in [0.717, 1.165) is 36.4 Å². The summed E-state index contributed by atoms with van der Waals surface area (Å²) < 4.78 is 5.51. The van der Waals surface area contributed by atoms with E-state index in [4.69, 9.17) is 9.52 Å². The Labute approximate surface area is 151 Å². The van der Waals surface area contributed by atoms with Crippen LogP contribution in [-0.4, -0.2) is 41.4 Å². The topological polar surface area (TPSA) is 87.4 Å². The third-order valence-corrected chi connectivity index (χ3v) is 5.25. The molecule has 0 saturated carbocycles. The number of carbonyl (C=O) groups excluding carboxylic acids is 1. The third-order valence-electron chi connectivity index (χ3n) is 4.26. The van der Waals surface area contributed by atoms with E-state index >= 15 is 0 Å². The van der Waals surface area contributed by atoms with Gasteiger partial charge in [-0.1, -0.05) is 12.1 Å². The van der Waals surface area contributed by atoms with Crippen LogP contribution in [0.1, 0.15) is 40.6 Å². The van der Waals surface area contributed by atoms with Crippen LogP contribution in [0.15, 0.2) is 40.0 Å². The molecule has 7 heteroatoms. The third kappa shape index (κ3) is 4.84. The second kappa shape index (κ2) is 9.03. The number of aliphatic hydroxyl groups excluding tert-OH is 1. The molecular weight excluding hydrogens is 338 g/mol. The number of hydrogen-bond acceptors (Lipinski definition) is 6. The van der Waals surface area contributed by atoms with Crippen molar-refractivity contribution >= 4 is 17.7 Å². The molecule has 0 bridgehead atoms. The predicted octanol–water partition coefficient (Wildman–Crippen LogP) is 2.16. The van der Waals surface area contributed by atoms with E-state index in [1.807, 2.05) is 24.3 Å². The van der Waals surface area contributed by atoms with Crippen LogP contribution >= 0.6 is 11.8 Å². The van der Waals surface area contributed by atoms with Crippen molar-refractivity contribution < 1.29 is 14.3 Å². The van der Waals surface area contributed by atoms with Crippen LogP contribution in [0.4, 0.5) is 0 Å². The summed E-state index contributed by atoms with van der Waals surface area (Å²) >= 11 is 1.60. The van der Waals surface area contributed by atoms with Gasteiger partial charge in [-0.15, -0.1) is 11.8 Å². The fraction of sp³-hybridized carbons (Fsp3) is 0.444. The van der Waals surface area contributed by atoms with Crippen molar-refractivity contribution in [2.75, 3.05) is 25.4 Å². The van der Waals surface area contributed by atoms with Gasteiger partial charge < -0.3 is 20.2 Å². The van der Waals surface area contributed by atoms with Crippen LogP contribution in [0.2, 0.25) is 0 Å². The zero-order valence-corrected chi connectivity index (χ0v) is 14.8. The molecule has 1 amide bonds. The van der Waals surface area contributed by atoms with Gasteiger partial charge in [0.05, 0.1) is 6.61 Å². The van der Waals surface area contributed by atoms with Crippen molar-refractivity contribution in [1.82, 2.24) is 15.6 Å². The van der Waals surface area contributed by atoms with Gasteiger partial charge in [-0.25, -0.2) is 4.98 Å². The number of piperidine rings is 1. The molecule has 3 N–H and O–H groups in total. The average molecular weight is 361 g/mol. The van der Waals surface area contributed by atoms with Crippen molar-refractivity contribution in [3.8, 4) is 0 Å². The highest BCUT2D eigenvalue weighted by molar-refractivity contribution is 7.99. The smallest absolute Gasteiger partial charge is 0.273 e. The molecule has 25 heavy (non-hydrogen) atoms. The lowest BCUT2D eigenvalue weighted by atomic mass is 9.94. The summed E-state index contributed by atoms with van der Waals surface area (Å²) in [6.07, 6.45) is 3.28. The molecule has 0 radical (unpaired) electrons. The van der Waals surface area contributed by atoms with Crippen LogP contribution in [0.25, 0.3) is 0 Å². The zero-order chi connectivity index (χ0) is 17.5. The number of nitrogens with one attached hydrogen (secondary N) is 2. The van der Waals surface area contributed by atoms with E-state index in [2.05, 4.69) is 15.6 Å². The van der Waals surface area contributed by atoms with E-state index in [1.165, 1.54) is 6.39 Å². The zero-order valence-electron chi connectivity index (χ0n) is 14.0. The van der Waals surface area contributed by atoms with Crippen molar-refractivity contribution in [3.05, 3.63) is 47.7 Å². The predicted molar refractivity (Wildman–Crippen MR) is 96.8 cm³/mol. The first-order valence-corrected chi connectivity index (χ1v) is 9.51. The number of oxazole rings is 1. The molecule has 0 unspecified atom stereocenters. The molecule has 0 spiro atoms. The number of thioether (sulfide) groups is 1. The largest absolute Gasteiger partial charge is 0.447 e. The molecule has 1 aliphatic heterocycles. The Morgan fingerprint density at radius 1 is 1.32 bits per heavy atom. The fourth-order valence-electron chi connectivity index (χ4n) is 2.93. The first-order chi connectivity index (χ1) is 12.3. The maximum atomic E-state index is 12.5. The second-order valence-corrected chi connectivity index (χ2v) is 7.16. The van der Waals surface area contributed by atoms with Gasteiger partial charge in [-0.05, 0) is 43.6 Å². The summed E-state index contributed by atoms with van der Waals surface area (Å²) in [7, 11) is 0. The van der Waals surface area contributed by atoms with Crippen LogP contribution in [0, 0.1) is 0 Å². The van der Waals surface area contributed by atoms with Crippen molar-refractivity contribution in [1.29, 1.82) is 0 Å². The normalized spacial score (nSPS) is 15.2. The Morgan fingerprint density at radius 3 is 2.80 bits per heavy atom. The molecule has 6 nitrogen and oxygen atoms in total. The minimum absolute atomic E-state index is 0.166. The minimum Gasteiger partial charge on any atom is -0.447 e. The molecule has 134 valence electrons. The van der Waals surface area contributed by atoms with Crippen molar-refractivity contribution in [3.63, 3.8) is 0 Å². The van der Waals surface area contributed by atoms with Gasteiger partial charge in [-0.2, -0.15) is 0 Å². The molecule has 0 aliphatic carbocycles. The number of amides is 1. The van der Waals surface area contributed by atoms with Crippen LogP contribution in [-0.2, 0) is 6.54 Å². The number of benzene rings is 1. The number of aromatic nitrogens is 1. The first kappa shape index (κ1) is 18.0. The summed E-state index contributed by atoms with van der Waals surface area (Å²) in [5.41, 5.74) is 1.43. The highest BCUT2D eigenvalue weighted by Gasteiger charge is 2.25. The van der Waals surface area contributed by atoms with Gasteiger partial charge in [-0.3, -0.25) is 4.79 Å². The van der Waals surface area contributed by atoms with Gasteiger partial charge in [0.15, 0.2) is 12.1 Å². The van der Waals surface area contributed by atoms with Gasteiger partial charge in [0, 0.05) is 23.1 Å². The highest BCUT2D eigenvalue weighted by Crippen LogP contribution is 2.27. The first-order valence-electron chi connectivity index (χ1n) is 8.53. The van der Waals surface area contributed by atoms with Crippen LogP contribution in [0.5, 0.6) is 0 Å². The van der Waals surface area contributed by atoms with Gasteiger partial charge >= 0.3 is 0 Å². The second-order valence-electron chi connectivity index (χ2n) is 5.99. The van der Waals surface area contributed by atoms with E-state index in [-0.39, 0.29) is 18.4 Å². The Balaban J connectivity index is 1.57. The quantitative estimate of drug-likeness (QED) is 0.655. The highest BCUT2D eigenvalue weighted by atomic mass is 32.2. The van der Waals surface area contributed by atoms with Crippen LogP contribution < -0.4 is 10.6 Å². The molecule has 1 aliphatic rings. The Hall–Kier alpha value is -1.83. The molecule has 0 atom stereocenters. The number of rotatable bonds is 7. The average Bonchev–Trinajstić information content (AvgIpc) is 3.16. The van der Waals surface area contributed by atoms with E-state index in [1.54, 1.807) is 11.8 Å². The number of carbonyl (C=O) groups is 1. The molecule has 1 saturated heterocycles. The molecule has 1 aromatic heterocycles. The summed E-state index contributed by atoms with van der Waals surface area (Å²) in [6, 6.07) is 7.96. The lowest BCUT2D eigenvalue weighted by Gasteiger charge is -2.21. The molecular formula is C18H23N3O3S. The lowest BCUT2D eigenvalue weighted by Crippen LogP contribution is -2.29. The summed E-state index contributed by atoms with van der Waals surface area (Å²) in [4.78, 5) is 17.7. The summed E-state index contributed by atoms with van der Waals surface area (Å²) in [6.45, 7) is 2.49. The molecule has 2 aromatic rings. The fourth-order valence-corrected chi connectivity index (χ4v) is 3.59.